The zero-order chi connectivity index (χ0) is 15.8. The van der Waals surface area contributed by atoms with Crippen molar-refractivity contribution in [3.8, 4) is 0 Å². The van der Waals surface area contributed by atoms with Crippen LogP contribution in [-0.4, -0.2) is 42.1 Å². The monoisotopic (exact) mass is 321 g/mol. The summed E-state index contributed by atoms with van der Waals surface area (Å²) < 4.78 is 5.38. The van der Waals surface area contributed by atoms with Gasteiger partial charge in [0.2, 0.25) is 0 Å². The molecule has 0 atom stereocenters. The van der Waals surface area contributed by atoms with Gasteiger partial charge in [0.05, 0.1) is 0 Å². The van der Waals surface area contributed by atoms with Crippen LogP contribution in [0.3, 0.4) is 0 Å². The van der Waals surface area contributed by atoms with Gasteiger partial charge in [-0.15, -0.1) is 11.5 Å². The van der Waals surface area contributed by atoms with Crippen LogP contribution in [-0.2, 0) is 11.3 Å². The number of nitrogens with zero attached hydrogens (tertiary/aromatic N) is 2. The summed E-state index contributed by atoms with van der Waals surface area (Å²) in [5.41, 5.74) is 1.18. The molecule has 1 saturated heterocycles. The fraction of sp³-hybridized carbons (Fsp3) is 0.438. The molecule has 3 N–H and O–H groups in total. The molecule has 126 valence electrons. The average molecular weight is 321 g/mol. The molecule has 1 aromatic carbocycles. The lowest BCUT2D eigenvalue weighted by Crippen LogP contribution is -2.46. The number of carbonyl (C=O) groups excluding carboxylic acids is 1. The Morgan fingerprint density at radius 1 is 1.35 bits per heavy atom. The van der Waals surface area contributed by atoms with Crippen molar-refractivity contribution in [1.29, 1.82) is 0 Å². The number of rotatable bonds is 6. The number of benzene rings is 1. The van der Waals surface area contributed by atoms with Gasteiger partial charge >= 0.3 is 6.09 Å². The summed E-state index contributed by atoms with van der Waals surface area (Å²) in [7, 11) is 0. The first-order valence-electron chi connectivity index (χ1n) is 7.42. The third-order valence-electron chi connectivity index (χ3n) is 3.71. The summed E-state index contributed by atoms with van der Waals surface area (Å²) in [5, 5.41) is 6.12. The molecule has 1 aromatic rings. The van der Waals surface area contributed by atoms with E-state index in [2.05, 4.69) is 17.1 Å². The molecule has 0 aliphatic carbocycles. The first kappa shape index (κ1) is 18.8. The Kier molecular flexibility index (Phi) is 7.93. The van der Waals surface area contributed by atoms with Crippen molar-refractivity contribution in [3.05, 3.63) is 47.4 Å². The topological polar surface area (TPSA) is 102 Å². The normalized spacial score (nSPS) is 14.4. The molecular weight excluding hydrogens is 298 g/mol. The predicted molar refractivity (Wildman–Crippen MR) is 88.5 cm³/mol. The van der Waals surface area contributed by atoms with Gasteiger partial charge in [0.1, 0.15) is 12.3 Å². The average Bonchev–Trinajstić information content (AvgIpc) is 2.58. The van der Waals surface area contributed by atoms with Gasteiger partial charge in [-0.05, 0) is 48.8 Å². The first-order chi connectivity index (χ1) is 10.7. The van der Waals surface area contributed by atoms with Crippen LogP contribution in [0.4, 0.5) is 10.5 Å². The van der Waals surface area contributed by atoms with E-state index < -0.39 is 0 Å². The number of hydrogen-bond acceptors (Lipinski definition) is 5. The number of hydrogen-bond donors (Lipinski definition) is 1. The molecule has 0 radical (unpaired) electrons. The van der Waals surface area contributed by atoms with E-state index in [0.29, 0.717) is 12.2 Å². The van der Waals surface area contributed by atoms with Gasteiger partial charge in [-0.2, -0.15) is 0 Å². The summed E-state index contributed by atoms with van der Waals surface area (Å²) in [6.45, 7) is 6.19. The Labute approximate surface area is 135 Å². The Hall–Kier alpha value is -2.25. The molecule has 2 rings (SSSR count). The van der Waals surface area contributed by atoms with Crippen molar-refractivity contribution >= 4 is 11.8 Å². The van der Waals surface area contributed by atoms with E-state index in [1.165, 1.54) is 0 Å². The van der Waals surface area contributed by atoms with E-state index in [4.69, 9.17) is 4.74 Å². The minimum absolute atomic E-state index is 0. The second-order valence-corrected chi connectivity index (χ2v) is 5.23. The molecule has 0 spiro atoms. The quantitative estimate of drug-likeness (QED) is 0.640. The lowest BCUT2D eigenvalue weighted by molar-refractivity contribution is 0.0787. The van der Waals surface area contributed by atoms with Crippen LogP contribution >= 0.6 is 0 Å². The van der Waals surface area contributed by atoms with Gasteiger partial charge in [0.15, 0.2) is 0 Å². The Balaban J connectivity index is 0.00000264. The number of nitrogens with one attached hydrogen (secondary N) is 1. The summed E-state index contributed by atoms with van der Waals surface area (Å²) >= 11 is 0. The molecule has 0 aromatic heterocycles. The molecule has 0 bridgehead atoms. The maximum Gasteiger partial charge on any atom is 0.410 e. The SMILES string of the molecule is C=CCN(C(=O)OCc1ccc(N=O)cc1)C1CCNCC1.O. The molecule has 1 heterocycles. The molecule has 1 fully saturated rings. The van der Waals surface area contributed by atoms with Crippen LogP contribution in [0.5, 0.6) is 0 Å². The molecule has 0 unspecified atom stereocenters. The van der Waals surface area contributed by atoms with E-state index >= 15 is 0 Å². The van der Waals surface area contributed by atoms with Gasteiger partial charge in [-0.3, -0.25) is 0 Å². The van der Waals surface area contributed by atoms with E-state index in [9.17, 15) is 9.70 Å². The van der Waals surface area contributed by atoms with E-state index in [0.717, 1.165) is 31.5 Å². The van der Waals surface area contributed by atoms with Crippen LogP contribution in [0, 0.1) is 4.91 Å². The second kappa shape index (κ2) is 9.70. The summed E-state index contributed by atoms with van der Waals surface area (Å²) in [5.74, 6) is 0. The molecule has 1 aliphatic rings. The van der Waals surface area contributed by atoms with Crippen molar-refractivity contribution in [2.75, 3.05) is 19.6 Å². The maximum absolute atomic E-state index is 12.3. The van der Waals surface area contributed by atoms with Crippen LogP contribution < -0.4 is 5.32 Å². The first-order valence-corrected chi connectivity index (χ1v) is 7.42. The molecule has 7 heteroatoms. The van der Waals surface area contributed by atoms with Crippen LogP contribution in [0.25, 0.3) is 0 Å². The minimum Gasteiger partial charge on any atom is -0.445 e. The van der Waals surface area contributed by atoms with E-state index in [-0.39, 0.29) is 24.2 Å². The third-order valence-corrected chi connectivity index (χ3v) is 3.71. The molecule has 0 saturated carbocycles. The number of piperidine rings is 1. The number of carbonyl (C=O) groups is 1. The fourth-order valence-corrected chi connectivity index (χ4v) is 2.51. The molecule has 23 heavy (non-hydrogen) atoms. The van der Waals surface area contributed by atoms with Crippen molar-refractivity contribution < 1.29 is 15.0 Å². The fourth-order valence-electron chi connectivity index (χ4n) is 2.51. The maximum atomic E-state index is 12.3. The molecule has 1 aliphatic heterocycles. The Morgan fingerprint density at radius 2 is 2.00 bits per heavy atom. The second-order valence-electron chi connectivity index (χ2n) is 5.23. The smallest absolute Gasteiger partial charge is 0.410 e. The zero-order valence-electron chi connectivity index (χ0n) is 13.0. The van der Waals surface area contributed by atoms with Gasteiger partial charge in [0, 0.05) is 12.6 Å². The molecule has 1 amide bonds. The molecule has 7 nitrogen and oxygen atoms in total. The largest absolute Gasteiger partial charge is 0.445 e. The van der Waals surface area contributed by atoms with Crippen molar-refractivity contribution in [2.45, 2.75) is 25.5 Å². The molecular formula is C16H23N3O4. The van der Waals surface area contributed by atoms with Crippen LogP contribution in [0.2, 0.25) is 0 Å². The van der Waals surface area contributed by atoms with Crippen molar-refractivity contribution in [1.82, 2.24) is 10.2 Å². The number of ether oxygens (including phenoxy) is 1. The van der Waals surface area contributed by atoms with Gasteiger partial charge in [-0.1, -0.05) is 18.2 Å². The summed E-state index contributed by atoms with van der Waals surface area (Å²) in [6, 6.07) is 6.85. The van der Waals surface area contributed by atoms with E-state index in [1.807, 2.05) is 0 Å². The Bertz CT molecular complexity index is 513. The Morgan fingerprint density at radius 3 is 2.57 bits per heavy atom. The zero-order valence-corrected chi connectivity index (χ0v) is 13.0. The highest BCUT2D eigenvalue weighted by molar-refractivity contribution is 5.68. The minimum atomic E-state index is -0.329. The predicted octanol–water partition coefficient (Wildman–Crippen LogP) is 2.14. The number of amides is 1. The highest BCUT2D eigenvalue weighted by Crippen LogP contribution is 2.16. The summed E-state index contributed by atoms with van der Waals surface area (Å²) in [6.07, 6.45) is 3.23. The van der Waals surface area contributed by atoms with E-state index in [1.54, 1.807) is 35.2 Å². The van der Waals surface area contributed by atoms with Gasteiger partial charge < -0.3 is 20.4 Å². The highest BCUT2D eigenvalue weighted by atomic mass is 16.6. The van der Waals surface area contributed by atoms with Crippen molar-refractivity contribution in [3.63, 3.8) is 0 Å². The van der Waals surface area contributed by atoms with Crippen molar-refractivity contribution in [2.24, 2.45) is 5.18 Å². The summed E-state index contributed by atoms with van der Waals surface area (Å²) in [4.78, 5) is 24.4. The highest BCUT2D eigenvalue weighted by Gasteiger charge is 2.25. The third kappa shape index (κ3) is 5.46. The lowest BCUT2D eigenvalue weighted by Gasteiger charge is -2.33. The lowest BCUT2D eigenvalue weighted by atomic mass is 10.1. The standard InChI is InChI=1S/C16H21N3O3.H2O/c1-2-11-19(15-7-9-17-10-8-15)16(20)22-12-13-3-5-14(18-21)6-4-13;/h2-6,15,17H,1,7-12H2;1H2. The van der Waals surface area contributed by atoms with Gasteiger partial charge in [-0.25, -0.2) is 4.79 Å². The number of nitroso groups, excluding NO2 is 1. The van der Waals surface area contributed by atoms with Crippen LogP contribution in [0.15, 0.2) is 42.1 Å². The van der Waals surface area contributed by atoms with Crippen LogP contribution in [0.1, 0.15) is 18.4 Å². The van der Waals surface area contributed by atoms with Gasteiger partial charge in [0.25, 0.3) is 0 Å².